The first-order valence-electron chi connectivity index (χ1n) is 10.4. The molecule has 0 radical (unpaired) electrons. The van der Waals surface area contributed by atoms with Gasteiger partial charge in [0.15, 0.2) is 12.2 Å². The van der Waals surface area contributed by atoms with Crippen molar-refractivity contribution in [2.24, 2.45) is 11.8 Å². The van der Waals surface area contributed by atoms with E-state index >= 15 is 0 Å². The van der Waals surface area contributed by atoms with Crippen LogP contribution < -0.4 is 0 Å². The highest BCUT2D eigenvalue weighted by Gasteiger charge is 2.42. The molecule has 2 aromatic rings. The van der Waals surface area contributed by atoms with Crippen LogP contribution in [0.1, 0.15) is 24.5 Å². The van der Waals surface area contributed by atoms with Gasteiger partial charge in [-0.15, -0.1) is 6.58 Å². The summed E-state index contributed by atoms with van der Waals surface area (Å²) in [5.74, 6) is -2.27. The van der Waals surface area contributed by atoms with Crippen LogP contribution in [0.4, 0.5) is 0 Å². The van der Waals surface area contributed by atoms with Crippen LogP contribution in [0, 0.1) is 11.8 Å². The van der Waals surface area contributed by atoms with E-state index in [0.29, 0.717) is 11.8 Å². The van der Waals surface area contributed by atoms with Crippen LogP contribution in [0.5, 0.6) is 0 Å². The molecule has 0 amide bonds. The first-order valence-corrected chi connectivity index (χ1v) is 10.4. The number of benzene rings is 1. The summed E-state index contributed by atoms with van der Waals surface area (Å²) < 4.78 is 0. The Labute approximate surface area is 185 Å². The molecule has 3 unspecified atom stereocenters. The van der Waals surface area contributed by atoms with Gasteiger partial charge in [0.2, 0.25) is 0 Å². The molecule has 2 bridgehead atoms. The molecule has 3 saturated heterocycles. The Kier molecular flexibility index (Phi) is 7.57. The van der Waals surface area contributed by atoms with Gasteiger partial charge in [0.1, 0.15) is 0 Å². The van der Waals surface area contributed by atoms with E-state index in [2.05, 4.69) is 28.6 Å². The number of aliphatic hydroxyl groups is 3. The average molecular weight is 444 g/mol. The van der Waals surface area contributed by atoms with Gasteiger partial charge in [-0.3, -0.25) is 9.88 Å². The standard InChI is InChI=1S/C19H22N2O.C4H6O6/c1-2-13-12-21-10-8-14(13)11-18(21)19(22)16-7-9-20-17-6-4-3-5-15(16)17;5-1(3(7)8)2(6)4(9)10/h2-7,9,13-14,18-19,22H,1,8,10-12H2;1-2,5-6H,(H,7,8)(H,9,10)/t13-,14-,18-,19+;/m1./s1. The Bertz CT molecular complexity index is 958. The zero-order valence-corrected chi connectivity index (χ0v) is 17.5. The summed E-state index contributed by atoms with van der Waals surface area (Å²) in [6, 6.07) is 10.3. The Morgan fingerprint density at radius 3 is 2.31 bits per heavy atom. The van der Waals surface area contributed by atoms with E-state index in [1.54, 1.807) is 0 Å². The number of fused-ring (bicyclic) bond motifs is 4. The third kappa shape index (κ3) is 4.97. The van der Waals surface area contributed by atoms with Gasteiger partial charge in [0.05, 0.1) is 11.6 Å². The zero-order valence-electron chi connectivity index (χ0n) is 17.5. The van der Waals surface area contributed by atoms with Crippen LogP contribution >= 0.6 is 0 Å². The molecule has 0 spiro atoms. The fraction of sp³-hybridized carbons (Fsp3) is 0.435. The van der Waals surface area contributed by atoms with Crippen molar-refractivity contribution in [3.63, 3.8) is 0 Å². The van der Waals surface area contributed by atoms with Gasteiger partial charge >= 0.3 is 11.9 Å². The molecule has 1 aromatic carbocycles. The molecular formula is C23H28N2O7. The maximum absolute atomic E-state index is 11.0. The van der Waals surface area contributed by atoms with Crippen LogP contribution in [0.25, 0.3) is 10.9 Å². The maximum Gasteiger partial charge on any atom is 0.335 e. The summed E-state index contributed by atoms with van der Waals surface area (Å²) in [6.45, 7) is 6.11. The minimum atomic E-state index is -2.27. The van der Waals surface area contributed by atoms with E-state index in [4.69, 9.17) is 20.4 Å². The number of hydrogen-bond donors (Lipinski definition) is 5. The van der Waals surface area contributed by atoms with E-state index in [0.717, 1.165) is 36.0 Å². The van der Waals surface area contributed by atoms with Crippen LogP contribution in [0.15, 0.2) is 49.2 Å². The molecule has 0 aliphatic carbocycles. The molecule has 5 N–H and O–H groups in total. The minimum Gasteiger partial charge on any atom is -0.479 e. The number of nitrogens with zero attached hydrogens (tertiary/aromatic N) is 2. The lowest BCUT2D eigenvalue weighted by Crippen LogP contribution is -2.54. The number of hydrogen-bond acceptors (Lipinski definition) is 7. The Hall–Kier alpha value is -2.85. The Morgan fingerprint density at radius 1 is 1.09 bits per heavy atom. The number of carboxylic acid groups (broad SMARTS) is 2. The summed E-state index contributed by atoms with van der Waals surface area (Å²) in [7, 11) is 0. The van der Waals surface area contributed by atoms with Gasteiger partial charge < -0.3 is 25.5 Å². The number of carbonyl (C=O) groups is 2. The maximum atomic E-state index is 11.0. The quantitative estimate of drug-likeness (QED) is 0.412. The number of pyridine rings is 1. The summed E-state index contributed by atoms with van der Waals surface area (Å²) in [4.78, 5) is 26.4. The molecule has 0 saturated carbocycles. The molecule has 3 fully saturated rings. The van der Waals surface area contributed by atoms with Crippen LogP contribution in [0.3, 0.4) is 0 Å². The van der Waals surface area contributed by atoms with E-state index in [1.807, 2.05) is 30.5 Å². The van der Waals surface area contributed by atoms with Gasteiger partial charge in [-0.25, -0.2) is 9.59 Å². The molecule has 32 heavy (non-hydrogen) atoms. The lowest BCUT2D eigenvalue weighted by Gasteiger charge is -2.50. The summed E-state index contributed by atoms with van der Waals surface area (Å²) in [6.07, 6.45) is 1.23. The number of para-hydroxylation sites is 1. The Balaban J connectivity index is 0.000000247. The van der Waals surface area contributed by atoms with Crippen molar-refractivity contribution in [3.8, 4) is 0 Å². The van der Waals surface area contributed by atoms with Crippen molar-refractivity contribution in [1.82, 2.24) is 9.88 Å². The number of rotatable bonds is 6. The van der Waals surface area contributed by atoms with Gasteiger partial charge in [0.25, 0.3) is 0 Å². The molecule has 7 atom stereocenters. The van der Waals surface area contributed by atoms with Gasteiger partial charge in [0, 0.05) is 24.2 Å². The average Bonchev–Trinajstić information content (AvgIpc) is 2.82. The fourth-order valence-electron chi connectivity index (χ4n) is 4.56. The normalized spacial score (nSPS) is 27.0. The second-order valence-corrected chi connectivity index (χ2v) is 8.17. The van der Waals surface area contributed by atoms with Crippen molar-refractivity contribution in [1.29, 1.82) is 0 Å². The third-order valence-corrected chi connectivity index (χ3v) is 6.32. The Morgan fingerprint density at radius 2 is 1.75 bits per heavy atom. The topological polar surface area (TPSA) is 151 Å². The van der Waals surface area contributed by atoms with Crippen molar-refractivity contribution in [3.05, 3.63) is 54.7 Å². The third-order valence-electron chi connectivity index (χ3n) is 6.32. The monoisotopic (exact) mass is 444 g/mol. The molecule has 9 nitrogen and oxygen atoms in total. The van der Waals surface area contributed by atoms with Crippen molar-refractivity contribution in [2.45, 2.75) is 37.2 Å². The van der Waals surface area contributed by atoms with E-state index < -0.39 is 30.3 Å². The second kappa shape index (κ2) is 10.2. The number of aliphatic hydroxyl groups excluding tert-OH is 3. The first kappa shape index (κ1) is 23.8. The predicted octanol–water partition coefficient (Wildman–Crippen LogP) is 1.04. The summed E-state index contributed by atoms with van der Waals surface area (Å²) in [5.41, 5.74) is 1.97. The number of carboxylic acids is 2. The molecule has 5 rings (SSSR count). The van der Waals surface area contributed by atoms with E-state index in [1.165, 1.54) is 6.42 Å². The van der Waals surface area contributed by atoms with Crippen molar-refractivity contribution in [2.75, 3.05) is 13.1 Å². The molecule has 9 heteroatoms. The number of aliphatic carboxylic acids is 2. The van der Waals surface area contributed by atoms with E-state index in [-0.39, 0.29) is 6.04 Å². The summed E-state index contributed by atoms with van der Waals surface area (Å²) in [5, 5.41) is 44.6. The molecule has 4 heterocycles. The smallest absolute Gasteiger partial charge is 0.335 e. The number of piperidine rings is 3. The molecule has 3 aliphatic heterocycles. The van der Waals surface area contributed by atoms with Crippen LogP contribution in [-0.4, -0.2) is 78.7 Å². The SMILES string of the molecule is C=C[C@@H]1CN2CC[C@@H]1C[C@@H]2[C@@H](O)c1ccnc2ccccc12.O=C(O)C(O)C(O)C(=O)O. The first-order chi connectivity index (χ1) is 15.2. The molecule has 3 aliphatic rings. The fourth-order valence-corrected chi connectivity index (χ4v) is 4.56. The molecule has 1 aromatic heterocycles. The lowest BCUT2D eigenvalue weighted by molar-refractivity contribution is -0.165. The highest BCUT2D eigenvalue weighted by molar-refractivity contribution is 5.83. The molecular weight excluding hydrogens is 416 g/mol. The van der Waals surface area contributed by atoms with Crippen LogP contribution in [-0.2, 0) is 9.59 Å². The lowest BCUT2D eigenvalue weighted by atomic mass is 9.73. The van der Waals surface area contributed by atoms with E-state index in [9.17, 15) is 14.7 Å². The second-order valence-electron chi connectivity index (χ2n) is 8.17. The zero-order chi connectivity index (χ0) is 23.4. The van der Waals surface area contributed by atoms with Gasteiger partial charge in [-0.1, -0.05) is 24.3 Å². The highest BCUT2D eigenvalue weighted by Crippen LogP contribution is 2.41. The minimum absolute atomic E-state index is 0.223. The van der Waals surface area contributed by atoms with Crippen molar-refractivity contribution >= 4 is 22.8 Å². The molecule has 172 valence electrons. The van der Waals surface area contributed by atoms with Gasteiger partial charge in [-0.05, 0) is 48.9 Å². The van der Waals surface area contributed by atoms with Crippen LogP contribution in [0.2, 0.25) is 0 Å². The number of aromatic nitrogens is 1. The predicted molar refractivity (Wildman–Crippen MR) is 116 cm³/mol. The summed E-state index contributed by atoms with van der Waals surface area (Å²) >= 11 is 0. The highest BCUT2D eigenvalue weighted by atomic mass is 16.4. The van der Waals surface area contributed by atoms with Crippen molar-refractivity contribution < 1.29 is 35.1 Å². The largest absolute Gasteiger partial charge is 0.479 e. The van der Waals surface area contributed by atoms with Gasteiger partial charge in [-0.2, -0.15) is 0 Å².